The van der Waals surface area contributed by atoms with E-state index in [0.717, 1.165) is 28.5 Å². The molecule has 0 radical (unpaired) electrons. The van der Waals surface area contributed by atoms with Gasteiger partial charge in [-0.1, -0.05) is 11.6 Å². The van der Waals surface area contributed by atoms with Crippen molar-refractivity contribution in [2.45, 2.75) is 12.8 Å². The van der Waals surface area contributed by atoms with Crippen LogP contribution in [0.5, 0.6) is 11.6 Å². The standard InChI is InChI=1S/C17H11ClN2O2/c18-11-2-4-14-15(8-11)19-9-20-17(14)22-12-3-5-13-10(7-12)1-6-16(13)21/h2-5,7-9H,1,6H2. The third-order valence-corrected chi connectivity index (χ3v) is 4.01. The van der Waals surface area contributed by atoms with Crippen molar-refractivity contribution in [3.05, 3.63) is 58.9 Å². The van der Waals surface area contributed by atoms with Gasteiger partial charge in [0, 0.05) is 17.0 Å². The number of nitrogens with zero attached hydrogens (tertiary/aromatic N) is 2. The smallest absolute Gasteiger partial charge is 0.230 e. The van der Waals surface area contributed by atoms with E-state index in [-0.39, 0.29) is 5.78 Å². The maximum Gasteiger partial charge on any atom is 0.230 e. The van der Waals surface area contributed by atoms with Crippen LogP contribution in [-0.4, -0.2) is 15.8 Å². The molecule has 0 saturated carbocycles. The first-order valence-corrected chi connectivity index (χ1v) is 7.33. The molecule has 1 aliphatic rings. The molecule has 0 spiro atoms. The summed E-state index contributed by atoms with van der Waals surface area (Å²) in [5.74, 6) is 1.35. The Labute approximate surface area is 131 Å². The Balaban J connectivity index is 1.74. The lowest BCUT2D eigenvalue weighted by Crippen LogP contribution is -1.94. The van der Waals surface area contributed by atoms with Crippen LogP contribution in [0.4, 0.5) is 0 Å². The molecule has 1 heterocycles. The second-order valence-corrected chi connectivity index (χ2v) is 5.62. The van der Waals surface area contributed by atoms with E-state index in [0.29, 0.717) is 23.1 Å². The third kappa shape index (κ3) is 2.22. The van der Waals surface area contributed by atoms with E-state index in [1.165, 1.54) is 6.33 Å². The minimum absolute atomic E-state index is 0.198. The van der Waals surface area contributed by atoms with Gasteiger partial charge in [0.15, 0.2) is 5.78 Å². The van der Waals surface area contributed by atoms with Crippen LogP contribution in [-0.2, 0) is 6.42 Å². The van der Waals surface area contributed by atoms with Gasteiger partial charge in [-0.05, 0) is 48.4 Å². The van der Waals surface area contributed by atoms with Crippen molar-refractivity contribution in [2.24, 2.45) is 0 Å². The van der Waals surface area contributed by atoms with Crippen molar-refractivity contribution in [2.75, 3.05) is 0 Å². The highest BCUT2D eigenvalue weighted by Gasteiger charge is 2.20. The van der Waals surface area contributed by atoms with E-state index >= 15 is 0 Å². The maximum atomic E-state index is 11.7. The number of ether oxygens (including phenoxy) is 1. The van der Waals surface area contributed by atoms with Crippen LogP contribution in [0, 0.1) is 0 Å². The van der Waals surface area contributed by atoms with Gasteiger partial charge in [0.05, 0.1) is 10.9 Å². The van der Waals surface area contributed by atoms with Crippen molar-refractivity contribution in [1.29, 1.82) is 0 Å². The van der Waals surface area contributed by atoms with Crippen LogP contribution in [0.3, 0.4) is 0 Å². The molecule has 0 aliphatic heterocycles. The number of aryl methyl sites for hydroxylation is 1. The van der Waals surface area contributed by atoms with E-state index in [9.17, 15) is 4.79 Å². The molecule has 3 aromatic rings. The van der Waals surface area contributed by atoms with E-state index in [1.54, 1.807) is 18.2 Å². The molecule has 2 aromatic carbocycles. The second-order valence-electron chi connectivity index (χ2n) is 5.18. The Hall–Kier alpha value is -2.46. The van der Waals surface area contributed by atoms with Gasteiger partial charge in [-0.25, -0.2) is 9.97 Å². The van der Waals surface area contributed by atoms with Crippen molar-refractivity contribution < 1.29 is 9.53 Å². The average Bonchev–Trinajstić information content (AvgIpc) is 2.88. The van der Waals surface area contributed by atoms with Gasteiger partial charge in [0.1, 0.15) is 12.1 Å². The monoisotopic (exact) mass is 310 g/mol. The summed E-state index contributed by atoms with van der Waals surface area (Å²) in [4.78, 5) is 20.1. The Morgan fingerprint density at radius 1 is 1.05 bits per heavy atom. The molecule has 5 heteroatoms. The number of rotatable bonds is 2. The van der Waals surface area contributed by atoms with Gasteiger partial charge in [-0.15, -0.1) is 0 Å². The molecule has 22 heavy (non-hydrogen) atoms. The SMILES string of the molecule is O=C1CCc2cc(Oc3ncnc4cc(Cl)ccc34)ccc21. The number of carbonyl (C=O) groups is 1. The van der Waals surface area contributed by atoms with Crippen LogP contribution < -0.4 is 4.74 Å². The van der Waals surface area contributed by atoms with E-state index < -0.39 is 0 Å². The normalized spacial score (nSPS) is 13.4. The number of fused-ring (bicyclic) bond motifs is 2. The second kappa shape index (κ2) is 5.07. The molecule has 0 N–H and O–H groups in total. The van der Waals surface area contributed by atoms with Crippen molar-refractivity contribution in [1.82, 2.24) is 9.97 Å². The van der Waals surface area contributed by atoms with Gasteiger partial charge in [0.2, 0.25) is 5.88 Å². The zero-order valence-corrected chi connectivity index (χ0v) is 12.3. The largest absolute Gasteiger partial charge is 0.438 e. The number of ketones is 1. The molecular formula is C17H11ClN2O2. The van der Waals surface area contributed by atoms with Crippen molar-refractivity contribution in [3.63, 3.8) is 0 Å². The molecule has 0 atom stereocenters. The van der Waals surface area contributed by atoms with Gasteiger partial charge in [-0.3, -0.25) is 4.79 Å². The van der Waals surface area contributed by atoms with Crippen LogP contribution in [0.2, 0.25) is 5.02 Å². The number of benzene rings is 2. The summed E-state index contributed by atoms with van der Waals surface area (Å²) < 4.78 is 5.89. The Morgan fingerprint density at radius 3 is 2.86 bits per heavy atom. The minimum atomic E-state index is 0.198. The molecule has 0 saturated heterocycles. The molecule has 4 rings (SSSR count). The summed E-state index contributed by atoms with van der Waals surface area (Å²) in [6.45, 7) is 0. The summed E-state index contributed by atoms with van der Waals surface area (Å²) >= 11 is 5.98. The highest BCUT2D eigenvalue weighted by Crippen LogP contribution is 2.31. The average molecular weight is 311 g/mol. The molecule has 0 fully saturated rings. The quantitative estimate of drug-likeness (QED) is 0.711. The van der Waals surface area contributed by atoms with Gasteiger partial charge in [0.25, 0.3) is 0 Å². The predicted octanol–water partition coefficient (Wildman–Crippen LogP) is 4.20. The topological polar surface area (TPSA) is 52.1 Å². The summed E-state index contributed by atoms with van der Waals surface area (Å²) in [7, 11) is 0. The van der Waals surface area contributed by atoms with Crippen LogP contribution in [0.1, 0.15) is 22.3 Å². The fourth-order valence-corrected chi connectivity index (χ4v) is 2.86. The summed E-state index contributed by atoms with van der Waals surface area (Å²) in [6, 6.07) is 10.9. The maximum absolute atomic E-state index is 11.7. The molecule has 1 aliphatic carbocycles. The molecule has 1 aromatic heterocycles. The molecule has 0 amide bonds. The number of Topliss-reactive ketones (excluding diaryl/α,β-unsaturated/α-hetero) is 1. The highest BCUT2D eigenvalue weighted by molar-refractivity contribution is 6.31. The lowest BCUT2D eigenvalue weighted by atomic mass is 10.1. The van der Waals surface area contributed by atoms with Gasteiger partial charge in [-0.2, -0.15) is 0 Å². The highest BCUT2D eigenvalue weighted by atomic mass is 35.5. The van der Waals surface area contributed by atoms with Crippen LogP contribution in [0.25, 0.3) is 10.9 Å². The summed E-state index contributed by atoms with van der Waals surface area (Å²) in [5, 5.41) is 1.41. The van der Waals surface area contributed by atoms with Gasteiger partial charge < -0.3 is 4.74 Å². The lowest BCUT2D eigenvalue weighted by molar-refractivity contribution is 0.0994. The fraction of sp³-hybridized carbons (Fsp3) is 0.118. The van der Waals surface area contributed by atoms with Crippen LogP contribution in [0.15, 0.2) is 42.7 Å². The first-order chi connectivity index (χ1) is 10.7. The summed E-state index contributed by atoms with van der Waals surface area (Å²) in [5.41, 5.74) is 2.56. The molecule has 0 bridgehead atoms. The van der Waals surface area contributed by atoms with E-state index in [2.05, 4.69) is 9.97 Å². The number of carbonyl (C=O) groups excluding carboxylic acids is 1. The van der Waals surface area contributed by atoms with E-state index in [1.807, 2.05) is 18.2 Å². The molecule has 108 valence electrons. The number of halogens is 1. The zero-order valence-electron chi connectivity index (χ0n) is 11.5. The predicted molar refractivity (Wildman–Crippen MR) is 83.7 cm³/mol. The van der Waals surface area contributed by atoms with Crippen molar-refractivity contribution in [3.8, 4) is 11.6 Å². The van der Waals surface area contributed by atoms with Crippen LogP contribution >= 0.6 is 11.6 Å². The summed E-state index contributed by atoms with van der Waals surface area (Å²) in [6.07, 6.45) is 2.80. The number of hydrogen-bond acceptors (Lipinski definition) is 4. The lowest BCUT2D eigenvalue weighted by Gasteiger charge is -2.08. The Kier molecular flexibility index (Phi) is 3.05. The van der Waals surface area contributed by atoms with Gasteiger partial charge >= 0.3 is 0 Å². The van der Waals surface area contributed by atoms with E-state index in [4.69, 9.17) is 16.3 Å². The fourth-order valence-electron chi connectivity index (χ4n) is 2.69. The number of aromatic nitrogens is 2. The Bertz CT molecular complexity index is 908. The molecule has 4 nitrogen and oxygen atoms in total. The molecule has 0 unspecified atom stereocenters. The zero-order chi connectivity index (χ0) is 15.1. The number of hydrogen-bond donors (Lipinski definition) is 0. The third-order valence-electron chi connectivity index (χ3n) is 3.78. The Morgan fingerprint density at radius 2 is 1.95 bits per heavy atom. The van der Waals surface area contributed by atoms with Crippen molar-refractivity contribution >= 4 is 28.3 Å². The first kappa shape index (κ1) is 13.2. The first-order valence-electron chi connectivity index (χ1n) is 6.95. The molecular weight excluding hydrogens is 300 g/mol. The minimum Gasteiger partial charge on any atom is -0.438 e.